The van der Waals surface area contributed by atoms with E-state index < -0.39 is 5.60 Å². The number of rotatable bonds is 1. The Balaban J connectivity index is 1.68. The van der Waals surface area contributed by atoms with Crippen LogP contribution in [0.2, 0.25) is 0 Å². The van der Waals surface area contributed by atoms with Gasteiger partial charge in [-0.15, -0.1) is 0 Å². The van der Waals surface area contributed by atoms with E-state index in [1.807, 2.05) is 0 Å². The molecule has 2 aliphatic heterocycles. The smallest absolute Gasteiger partial charge is 0.0777 e. The summed E-state index contributed by atoms with van der Waals surface area (Å²) >= 11 is 2.12. The maximum absolute atomic E-state index is 11.6. The van der Waals surface area contributed by atoms with E-state index >= 15 is 0 Å². The van der Waals surface area contributed by atoms with Crippen molar-refractivity contribution in [2.45, 2.75) is 47.7 Å². The zero-order chi connectivity index (χ0) is 14.7. The van der Waals surface area contributed by atoms with Crippen molar-refractivity contribution in [3.63, 3.8) is 0 Å². The number of hydrogen-bond acceptors (Lipinski definition) is 2. The number of benzene rings is 2. The number of aliphatic hydroxyl groups is 1. The molecule has 0 saturated carbocycles. The highest BCUT2D eigenvalue weighted by Crippen LogP contribution is 2.57. The summed E-state index contributed by atoms with van der Waals surface area (Å²) in [6.07, 6.45) is 4.46. The number of fused-ring (bicyclic) bond motifs is 5. The lowest BCUT2D eigenvalue weighted by atomic mass is 9.75. The monoisotopic (exact) mass is 308 g/mol. The summed E-state index contributed by atoms with van der Waals surface area (Å²) in [6, 6.07) is 17.3. The van der Waals surface area contributed by atoms with Gasteiger partial charge < -0.3 is 5.11 Å². The normalized spacial score (nSPS) is 32.8. The summed E-state index contributed by atoms with van der Waals surface area (Å²) in [5, 5.41) is 12.9. The van der Waals surface area contributed by atoms with E-state index in [-0.39, 0.29) is 5.92 Å². The van der Waals surface area contributed by atoms with Crippen LogP contribution in [0.4, 0.5) is 0 Å². The fourth-order valence-electron chi connectivity index (χ4n) is 4.92. The summed E-state index contributed by atoms with van der Waals surface area (Å²) in [4.78, 5) is 0. The molecule has 2 bridgehead atoms. The van der Waals surface area contributed by atoms with Crippen molar-refractivity contribution in [2.24, 2.45) is 0 Å². The summed E-state index contributed by atoms with van der Waals surface area (Å²) in [5.41, 5.74) is 4.74. The molecule has 0 aromatic heterocycles. The minimum absolute atomic E-state index is 0.156. The predicted molar refractivity (Wildman–Crippen MR) is 92.3 cm³/mol. The SMILES string of the molecule is OC1(C2c3ccccc3-c3ccccc32)CC2CCC(C1)S2. The summed E-state index contributed by atoms with van der Waals surface area (Å²) in [6.45, 7) is 0. The third-order valence-electron chi connectivity index (χ3n) is 5.73. The van der Waals surface area contributed by atoms with Gasteiger partial charge in [-0.1, -0.05) is 48.5 Å². The van der Waals surface area contributed by atoms with Crippen LogP contribution in [-0.2, 0) is 0 Å². The Morgan fingerprint density at radius 3 is 1.86 bits per heavy atom. The molecule has 2 heterocycles. The van der Waals surface area contributed by atoms with E-state index in [0.29, 0.717) is 10.5 Å². The predicted octanol–water partition coefficient (Wildman–Crippen LogP) is 4.59. The van der Waals surface area contributed by atoms with Gasteiger partial charge in [-0.2, -0.15) is 11.8 Å². The second kappa shape index (κ2) is 4.62. The first-order chi connectivity index (χ1) is 10.7. The zero-order valence-electron chi connectivity index (χ0n) is 12.5. The van der Waals surface area contributed by atoms with E-state index in [0.717, 1.165) is 12.8 Å². The van der Waals surface area contributed by atoms with Crippen molar-refractivity contribution in [3.05, 3.63) is 59.7 Å². The van der Waals surface area contributed by atoms with Crippen molar-refractivity contribution in [2.75, 3.05) is 0 Å². The quantitative estimate of drug-likeness (QED) is 0.831. The standard InChI is InChI=1S/C20H20OS/c21-20(11-13-9-10-14(12-20)22-13)19-17-7-3-1-5-15(17)16-6-2-4-8-18(16)19/h1-8,13-14,19,21H,9-12H2. The molecule has 112 valence electrons. The van der Waals surface area contributed by atoms with Gasteiger partial charge in [-0.05, 0) is 47.9 Å². The molecule has 2 atom stereocenters. The number of hydrogen-bond donors (Lipinski definition) is 1. The Bertz CT molecular complexity index is 680. The van der Waals surface area contributed by atoms with Crippen LogP contribution in [-0.4, -0.2) is 21.2 Å². The lowest BCUT2D eigenvalue weighted by Crippen LogP contribution is -2.42. The molecule has 22 heavy (non-hydrogen) atoms. The lowest BCUT2D eigenvalue weighted by Gasteiger charge is -2.41. The van der Waals surface area contributed by atoms with Crippen LogP contribution in [0.1, 0.15) is 42.7 Å². The molecule has 2 aromatic carbocycles. The van der Waals surface area contributed by atoms with E-state index in [1.54, 1.807) is 0 Å². The zero-order valence-corrected chi connectivity index (χ0v) is 13.4. The van der Waals surface area contributed by atoms with Crippen LogP contribution < -0.4 is 0 Å². The summed E-state index contributed by atoms with van der Waals surface area (Å²) in [5.74, 6) is 0.156. The van der Waals surface area contributed by atoms with Crippen LogP contribution in [0.3, 0.4) is 0 Å². The van der Waals surface area contributed by atoms with Gasteiger partial charge in [0.05, 0.1) is 5.60 Å². The van der Waals surface area contributed by atoms with Crippen molar-refractivity contribution >= 4 is 11.8 Å². The first kappa shape index (κ1) is 13.2. The maximum Gasteiger partial charge on any atom is 0.0777 e. The third kappa shape index (κ3) is 1.77. The molecule has 2 unspecified atom stereocenters. The largest absolute Gasteiger partial charge is 0.389 e. The molecule has 0 amide bonds. The average Bonchev–Trinajstić information content (AvgIpc) is 3.05. The van der Waals surface area contributed by atoms with Gasteiger partial charge in [0.25, 0.3) is 0 Å². The Morgan fingerprint density at radius 2 is 1.32 bits per heavy atom. The third-order valence-corrected chi connectivity index (χ3v) is 7.30. The van der Waals surface area contributed by atoms with Crippen LogP contribution >= 0.6 is 11.8 Å². The highest BCUT2D eigenvalue weighted by molar-refractivity contribution is 8.00. The lowest BCUT2D eigenvalue weighted by molar-refractivity contribution is 0.00882. The second-order valence-electron chi connectivity index (χ2n) is 7.08. The van der Waals surface area contributed by atoms with Gasteiger partial charge in [0, 0.05) is 16.4 Å². The van der Waals surface area contributed by atoms with Crippen molar-refractivity contribution < 1.29 is 5.11 Å². The highest BCUT2D eigenvalue weighted by atomic mass is 32.2. The van der Waals surface area contributed by atoms with Gasteiger partial charge in [0.2, 0.25) is 0 Å². The first-order valence-corrected chi connectivity index (χ1v) is 9.25. The Hall–Kier alpha value is -1.25. The molecular formula is C20H20OS. The second-order valence-corrected chi connectivity index (χ2v) is 8.68. The first-order valence-electron chi connectivity index (χ1n) is 8.31. The van der Waals surface area contributed by atoms with Crippen molar-refractivity contribution in [3.8, 4) is 11.1 Å². The molecule has 5 rings (SSSR count). The molecule has 1 aliphatic carbocycles. The fraction of sp³-hybridized carbons (Fsp3) is 0.400. The molecule has 2 saturated heterocycles. The Kier molecular flexibility index (Phi) is 2.78. The average molecular weight is 308 g/mol. The van der Waals surface area contributed by atoms with Gasteiger partial charge in [0.15, 0.2) is 0 Å². The molecule has 0 spiro atoms. The van der Waals surface area contributed by atoms with Crippen LogP contribution in [0.15, 0.2) is 48.5 Å². The van der Waals surface area contributed by atoms with Gasteiger partial charge >= 0.3 is 0 Å². The molecular weight excluding hydrogens is 288 g/mol. The molecule has 2 aromatic rings. The van der Waals surface area contributed by atoms with E-state index in [2.05, 4.69) is 60.3 Å². The van der Waals surface area contributed by atoms with E-state index in [9.17, 15) is 5.11 Å². The maximum atomic E-state index is 11.6. The van der Waals surface area contributed by atoms with E-state index in [1.165, 1.54) is 35.1 Å². The molecule has 1 N–H and O–H groups in total. The minimum atomic E-state index is -0.570. The van der Waals surface area contributed by atoms with Crippen LogP contribution in [0.25, 0.3) is 11.1 Å². The number of thioether (sulfide) groups is 1. The highest BCUT2D eigenvalue weighted by Gasteiger charge is 2.51. The molecule has 2 fully saturated rings. The van der Waals surface area contributed by atoms with Crippen molar-refractivity contribution in [1.29, 1.82) is 0 Å². The van der Waals surface area contributed by atoms with Crippen LogP contribution in [0, 0.1) is 0 Å². The molecule has 0 radical (unpaired) electrons. The van der Waals surface area contributed by atoms with Gasteiger partial charge in [0.1, 0.15) is 0 Å². The van der Waals surface area contributed by atoms with Crippen LogP contribution in [0.5, 0.6) is 0 Å². The van der Waals surface area contributed by atoms with Gasteiger partial charge in [-0.3, -0.25) is 0 Å². The molecule has 1 nitrogen and oxygen atoms in total. The fourth-order valence-corrected chi connectivity index (χ4v) is 6.78. The Labute approximate surface area is 135 Å². The minimum Gasteiger partial charge on any atom is -0.389 e. The van der Waals surface area contributed by atoms with E-state index in [4.69, 9.17) is 0 Å². The topological polar surface area (TPSA) is 20.2 Å². The molecule has 3 aliphatic rings. The van der Waals surface area contributed by atoms with Gasteiger partial charge in [-0.25, -0.2) is 0 Å². The summed E-state index contributed by atoms with van der Waals surface area (Å²) in [7, 11) is 0. The van der Waals surface area contributed by atoms with Crippen molar-refractivity contribution in [1.82, 2.24) is 0 Å². The molecule has 2 heteroatoms. The Morgan fingerprint density at radius 1 is 0.818 bits per heavy atom. The summed E-state index contributed by atoms with van der Waals surface area (Å²) < 4.78 is 0.